The van der Waals surface area contributed by atoms with Gasteiger partial charge in [0.2, 0.25) is 0 Å². The quantitative estimate of drug-likeness (QED) is 0.802. The van der Waals surface area contributed by atoms with Gasteiger partial charge in [0.15, 0.2) is 5.60 Å². The highest BCUT2D eigenvalue weighted by Crippen LogP contribution is 2.54. The summed E-state index contributed by atoms with van der Waals surface area (Å²) in [6.45, 7) is 7.02. The van der Waals surface area contributed by atoms with Crippen LogP contribution in [-0.4, -0.2) is 49.5 Å². The highest BCUT2D eigenvalue weighted by atomic mass is 16.6. The minimum Gasteiger partial charge on any atom is -0.447 e. The number of cyclic esters (lactones) is 1. The van der Waals surface area contributed by atoms with Crippen LogP contribution >= 0.6 is 0 Å². The van der Waals surface area contributed by atoms with Crippen LogP contribution in [0.15, 0.2) is 30.9 Å². The molecule has 1 N–H and O–H groups in total. The van der Waals surface area contributed by atoms with Gasteiger partial charge in [-0.2, -0.15) is 0 Å². The lowest BCUT2D eigenvalue weighted by Crippen LogP contribution is -2.44. The number of carbonyl (C=O) groups is 2. The third kappa shape index (κ3) is 2.56. The molecule has 2 saturated heterocycles. The van der Waals surface area contributed by atoms with Crippen molar-refractivity contribution in [3.05, 3.63) is 36.4 Å². The van der Waals surface area contributed by atoms with E-state index in [1.54, 1.807) is 15.9 Å². The maximum Gasteiger partial charge on any atom is 0.414 e. The van der Waals surface area contributed by atoms with E-state index in [0.717, 1.165) is 11.3 Å². The van der Waals surface area contributed by atoms with Gasteiger partial charge in [-0.05, 0) is 31.0 Å². The zero-order valence-corrected chi connectivity index (χ0v) is 15.4. The second-order valence-electron chi connectivity index (χ2n) is 7.30. The van der Waals surface area contributed by atoms with Crippen molar-refractivity contribution in [1.82, 2.24) is 0 Å². The van der Waals surface area contributed by atoms with E-state index < -0.39 is 5.60 Å². The van der Waals surface area contributed by atoms with Crippen LogP contribution in [0.5, 0.6) is 0 Å². The number of carbonyl (C=O) groups excluding carboxylic acids is 2. The first-order valence-electron chi connectivity index (χ1n) is 9.33. The predicted molar refractivity (Wildman–Crippen MR) is 99.7 cm³/mol. The number of fused-ring (bicyclic) bond motifs is 2. The number of anilines is 2. The molecule has 0 unspecified atom stereocenters. The van der Waals surface area contributed by atoms with Crippen LogP contribution in [0, 0.1) is 5.92 Å². The monoisotopic (exact) mass is 372 g/mol. The Bertz CT molecular complexity index is 795. The van der Waals surface area contributed by atoms with Gasteiger partial charge in [-0.15, -0.1) is 6.58 Å². The number of amides is 2. The lowest BCUT2D eigenvalue weighted by atomic mass is 9.82. The normalized spacial score (nSPS) is 29.6. The number of rotatable bonds is 5. The Hall–Kier alpha value is -2.38. The smallest absolute Gasteiger partial charge is 0.414 e. The van der Waals surface area contributed by atoms with Crippen LogP contribution in [0.25, 0.3) is 0 Å². The average molecular weight is 372 g/mol. The summed E-state index contributed by atoms with van der Waals surface area (Å²) in [6.07, 6.45) is 2.33. The molecule has 3 aliphatic heterocycles. The Labute approximate surface area is 158 Å². The van der Waals surface area contributed by atoms with Crippen molar-refractivity contribution in [1.29, 1.82) is 0 Å². The van der Waals surface area contributed by atoms with Crippen molar-refractivity contribution in [2.24, 2.45) is 5.92 Å². The number of hydrogen-bond donors (Lipinski definition) is 1. The Morgan fingerprint density at radius 3 is 2.89 bits per heavy atom. The number of hydrogen-bond acceptors (Lipinski definition) is 5. The maximum absolute atomic E-state index is 13.4. The van der Waals surface area contributed by atoms with Crippen molar-refractivity contribution >= 4 is 23.4 Å². The highest BCUT2D eigenvalue weighted by molar-refractivity contribution is 6.08. The fraction of sp³-hybridized carbons (Fsp3) is 0.500. The molecule has 1 spiro atoms. The van der Waals surface area contributed by atoms with Crippen LogP contribution < -0.4 is 9.80 Å². The van der Waals surface area contributed by atoms with Crippen molar-refractivity contribution in [3.63, 3.8) is 0 Å². The molecule has 27 heavy (non-hydrogen) atoms. The summed E-state index contributed by atoms with van der Waals surface area (Å²) in [5, 5.41) is 9.31. The maximum atomic E-state index is 13.4. The van der Waals surface area contributed by atoms with Crippen molar-refractivity contribution in [3.8, 4) is 0 Å². The predicted octanol–water partition coefficient (Wildman–Crippen LogP) is 2.18. The second kappa shape index (κ2) is 6.65. The molecule has 7 heteroatoms. The van der Waals surface area contributed by atoms with E-state index in [1.807, 2.05) is 25.1 Å². The van der Waals surface area contributed by atoms with E-state index in [9.17, 15) is 14.7 Å². The molecular formula is C20H24N2O5. The Balaban J connectivity index is 1.81. The van der Waals surface area contributed by atoms with Gasteiger partial charge < -0.3 is 19.5 Å². The van der Waals surface area contributed by atoms with Gasteiger partial charge in [-0.1, -0.05) is 13.0 Å². The van der Waals surface area contributed by atoms with Gasteiger partial charge in [0.05, 0.1) is 18.3 Å². The summed E-state index contributed by atoms with van der Waals surface area (Å²) in [4.78, 5) is 28.6. The van der Waals surface area contributed by atoms with Gasteiger partial charge in [0, 0.05) is 30.3 Å². The molecule has 1 aromatic rings. The molecule has 0 radical (unpaired) electrons. The first kappa shape index (κ1) is 18.0. The van der Waals surface area contributed by atoms with Crippen LogP contribution in [0.3, 0.4) is 0 Å². The molecular weight excluding hydrogens is 348 g/mol. The van der Waals surface area contributed by atoms with E-state index >= 15 is 0 Å². The first-order chi connectivity index (χ1) is 13.0. The van der Waals surface area contributed by atoms with E-state index in [-0.39, 0.29) is 30.6 Å². The van der Waals surface area contributed by atoms with Gasteiger partial charge in [-0.25, -0.2) is 4.79 Å². The minimum absolute atomic E-state index is 0.0184. The lowest BCUT2D eigenvalue weighted by Gasteiger charge is -2.28. The van der Waals surface area contributed by atoms with Crippen molar-refractivity contribution in [2.75, 3.05) is 36.1 Å². The van der Waals surface area contributed by atoms with Gasteiger partial charge in [0.1, 0.15) is 6.61 Å². The number of ether oxygens (including phenoxy) is 2. The van der Waals surface area contributed by atoms with Crippen molar-refractivity contribution < 1.29 is 24.2 Å². The minimum atomic E-state index is -1.09. The summed E-state index contributed by atoms with van der Waals surface area (Å²) in [6, 6.07) is 5.57. The molecule has 7 nitrogen and oxygen atoms in total. The molecule has 3 heterocycles. The van der Waals surface area contributed by atoms with E-state index in [2.05, 4.69) is 6.58 Å². The number of benzene rings is 1. The summed E-state index contributed by atoms with van der Waals surface area (Å²) in [5.74, 6) is -0.151. The third-order valence-corrected chi connectivity index (χ3v) is 5.73. The average Bonchev–Trinajstić information content (AvgIpc) is 3.28. The standard InChI is InChI=1S/C20H24N2O5/c1-3-7-22-17-5-4-14(21-8-10-26-19(21)25)12-16(17)20(18(22)24)13(2)11-15(27-20)6-9-23/h3-5,12-13,15,23H,1,6-11H2,2H3/t13-,15+,20+/m0/s1. The molecule has 2 amide bonds. The number of aliphatic hydroxyl groups excluding tert-OH is 1. The third-order valence-electron chi connectivity index (χ3n) is 5.73. The SMILES string of the molecule is C=CCN1C(=O)[C@]2(O[C@H](CCO)C[C@@H]2C)c2cc(N3CCOC3=O)ccc21. The van der Waals surface area contributed by atoms with Crippen LogP contribution in [0.1, 0.15) is 25.3 Å². The number of aliphatic hydroxyl groups is 1. The molecule has 0 bridgehead atoms. The van der Waals surface area contributed by atoms with Gasteiger partial charge in [-0.3, -0.25) is 9.69 Å². The lowest BCUT2D eigenvalue weighted by molar-refractivity contribution is -0.146. The summed E-state index contributed by atoms with van der Waals surface area (Å²) in [7, 11) is 0. The Morgan fingerprint density at radius 1 is 1.41 bits per heavy atom. The van der Waals surface area contributed by atoms with E-state index in [1.165, 1.54) is 0 Å². The van der Waals surface area contributed by atoms with Crippen molar-refractivity contribution in [2.45, 2.75) is 31.5 Å². The molecule has 144 valence electrons. The Kier molecular flexibility index (Phi) is 4.44. The van der Waals surface area contributed by atoms with E-state index in [4.69, 9.17) is 9.47 Å². The highest BCUT2D eigenvalue weighted by Gasteiger charge is 2.60. The van der Waals surface area contributed by atoms with Crippen LogP contribution in [0.4, 0.5) is 16.2 Å². The van der Waals surface area contributed by atoms with E-state index in [0.29, 0.717) is 38.2 Å². The zero-order valence-electron chi connectivity index (χ0n) is 15.4. The topological polar surface area (TPSA) is 79.3 Å². The Morgan fingerprint density at radius 2 is 2.22 bits per heavy atom. The van der Waals surface area contributed by atoms with Crippen LogP contribution in [-0.2, 0) is 19.9 Å². The molecule has 3 atom stereocenters. The molecule has 3 aliphatic rings. The zero-order chi connectivity index (χ0) is 19.2. The number of nitrogens with zero attached hydrogens (tertiary/aromatic N) is 2. The van der Waals surface area contributed by atoms with Gasteiger partial charge in [0.25, 0.3) is 5.91 Å². The molecule has 2 fully saturated rings. The molecule has 1 aromatic carbocycles. The summed E-state index contributed by atoms with van der Waals surface area (Å²) < 4.78 is 11.3. The second-order valence-corrected chi connectivity index (χ2v) is 7.30. The van der Waals surface area contributed by atoms with Crippen LogP contribution in [0.2, 0.25) is 0 Å². The summed E-state index contributed by atoms with van der Waals surface area (Å²) in [5.41, 5.74) is 1.18. The molecule has 0 saturated carbocycles. The first-order valence-corrected chi connectivity index (χ1v) is 9.33. The molecule has 4 rings (SSSR count). The fourth-order valence-electron chi connectivity index (χ4n) is 4.49. The van der Waals surface area contributed by atoms with Gasteiger partial charge >= 0.3 is 6.09 Å². The largest absolute Gasteiger partial charge is 0.447 e. The fourth-order valence-corrected chi connectivity index (χ4v) is 4.49. The summed E-state index contributed by atoms with van der Waals surface area (Å²) >= 11 is 0. The molecule has 0 aromatic heterocycles. The molecule has 0 aliphatic carbocycles.